The van der Waals surface area contributed by atoms with E-state index in [0.29, 0.717) is 19.6 Å². The van der Waals surface area contributed by atoms with Gasteiger partial charge in [-0.15, -0.1) is 0 Å². The highest BCUT2D eigenvalue weighted by Crippen LogP contribution is 2.19. The van der Waals surface area contributed by atoms with Crippen molar-refractivity contribution in [2.45, 2.75) is 31.9 Å². The van der Waals surface area contributed by atoms with Gasteiger partial charge in [-0.1, -0.05) is 12.1 Å². The molecule has 4 N–H and O–H groups in total. The Bertz CT molecular complexity index is 841. The molecule has 1 heterocycles. The number of carbonyl (C=O) groups excluding carboxylic acids is 1. The van der Waals surface area contributed by atoms with Gasteiger partial charge in [0.25, 0.3) is 6.47 Å². The number of likely N-dealkylation sites (tertiary alicyclic amines) is 1. The molecule has 1 amide bonds. The van der Waals surface area contributed by atoms with Crippen LogP contribution in [0.3, 0.4) is 0 Å². The minimum Gasteiger partial charge on any atom is -0.483 e. The lowest BCUT2D eigenvalue weighted by Crippen LogP contribution is -2.42. The van der Waals surface area contributed by atoms with Crippen LogP contribution in [0.4, 0.5) is 19.3 Å². The predicted molar refractivity (Wildman–Crippen MR) is 113 cm³/mol. The smallest absolute Gasteiger partial charge is 0.410 e. The Kier molecular flexibility index (Phi) is 9.70. The average molecular weight is 435 g/mol. The molecule has 7 nitrogen and oxygen atoms in total. The van der Waals surface area contributed by atoms with Crippen molar-refractivity contribution < 1.29 is 28.2 Å². The zero-order valence-electron chi connectivity index (χ0n) is 17.1. The van der Waals surface area contributed by atoms with Gasteiger partial charge in [0.2, 0.25) is 0 Å². The first-order chi connectivity index (χ1) is 15.0. The number of piperidine rings is 1. The molecule has 2 aromatic carbocycles. The molecule has 0 bridgehead atoms. The summed E-state index contributed by atoms with van der Waals surface area (Å²) in [7, 11) is 0. The molecule has 0 aliphatic carbocycles. The van der Waals surface area contributed by atoms with Gasteiger partial charge >= 0.3 is 6.09 Å². The molecule has 1 aliphatic heterocycles. The Hall–Kier alpha value is -3.20. The molecule has 2 aromatic rings. The number of anilines is 1. The van der Waals surface area contributed by atoms with Gasteiger partial charge in [0.05, 0.1) is 0 Å². The van der Waals surface area contributed by atoms with Crippen molar-refractivity contribution in [2.75, 3.05) is 25.0 Å². The van der Waals surface area contributed by atoms with Crippen LogP contribution in [-0.4, -0.2) is 48.2 Å². The summed E-state index contributed by atoms with van der Waals surface area (Å²) >= 11 is 0. The third kappa shape index (κ3) is 7.86. The third-order valence-corrected chi connectivity index (χ3v) is 4.87. The number of nitrogens with one attached hydrogen (secondary N) is 1. The third-order valence-electron chi connectivity index (χ3n) is 4.87. The van der Waals surface area contributed by atoms with Gasteiger partial charge in [0.1, 0.15) is 18.2 Å². The molecular weight excluding hydrogens is 408 g/mol. The number of hydrogen-bond donors (Lipinski definition) is 3. The molecule has 9 heteroatoms. The van der Waals surface area contributed by atoms with E-state index >= 15 is 0 Å². The van der Waals surface area contributed by atoms with Gasteiger partial charge < -0.3 is 25.8 Å². The summed E-state index contributed by atoms with van der Waals surface area (Å²) in [6, 6.07) is 11.6. The summed E-state index contributed by atoms with van der Waals surface area (Å²) in [4.78, 5) is 22.1. The maximum atomic E-state index is 13.6. The second-order valence-electron chi connectivity index (χ2n) is 7.04. The molecule has 3 rings (SSSR count). The Morgan fingerprint density at radius 1 is 1.19 bits per heavy atom. The highest BCUT2D eigenvalue weighted by molar-refractivity contribution is 5.67. The predicted octanol–water partition coefficient (Wildman–Crippen LogP) is 3.38. The molecule has 0 spiro atoms. The van der Waals surface area contributed by atoms with E-state index < -0.39 is 17.7 Å². The van der Waals surface area contributed by atoms with E-state index in [9.17, 15) is 13.6 Å². The molecular formula is C22H27F2N3O4. The number of amides is 1. The van der Waals surface area contributed by atoms with E-state index in [-0.39, 0.29) is 24.7 Å². The molecule has 1 saturated heterocycles. The SMILES string of the molecule is NCCc1ccc(NC2CCN(C(=O)OCc3cc(F)ccc3F)CC2)cc1.O=CO. The molecule has 168 valence electrons. The van der Waals surface area contributed by atoms with Crippen molar-refractivity contribution in [2.24, 2.45) is 5.73 Å². The van der Waals surface area contributed by atoms with Gasteiger partial charge in [0.15, 0.2) is 0 Å². The Labute approximate surface area is 179 Å². The van der Waals surface area contributed by atoms with Crippen LogP contribution < -0.4 is 11.1 Å². The first-order valence-electron chi connectivity index (χ1n) is 9.95. The molecule has 0 radical (unpaired) electrons. The first kappa shape index (κ1) is 24.1. The van der Waals surface area contributed by atoms with Crippen molar-refractivity contribution in [1.29, 1.82) is 0 Å². The van der Waals surface area contributed by atoms with Gasteiger partial charge in [-0.2, -0.15) is 0 Å². The quantitative estimate of drug-likeness (QED) is 0.601. The van der Waals surface area contributed by atoms with E-state index in [1.54, 1.807) is 4.90 Å². The first-order valence-corrected chi connectivity index (χ1v) is 9.95. The van der Waals surface area contributed by atoms with Crippen LogP contribution in [0.2, 0.25) is 0 Å². The summed E-state index contributed by atoms with van der Waals surface area (Å²) in [5, 5.41) is 10.4. The lowest BCUT2D eigenvalue weighted by atomic mass is 10.0. The van der Waals surface area contributed by atoms with Crippen LogP contribution in [0, 0.1) is 11.6 Å². The van der Waals surface area contributed by atoms with Gasteiger partial charge in [-0.05, 0) is 61.7 Å². The van der Waals surface area contributed by atoms with Gasteiger partial charge in [-0.3, -0.25) is 4.79 Å². The van der Waals surface area contributed by atoms with Crippen LogP contribution in [0.15, 0.2) is 42.5 Å². The van der Waals surface area contributed by atoms with E-state index in [4.69, 9.17) is 20.4 Å². The molecule has 1 fully saturated rings. The summed E-state index contributed by atoms with van der Waals surface area (Å²) < 4.78 is 31.9. The van der Waals surface area contributed by atoms with Gasteiger partial charge in [0, 0.05) is 30.4 Å². The standard InChI is InChI=1S/C21H25F2N3O2.CH2O2/c22-17-3-6-20(23)16(13-17)14-28-21(27)26-11-8-19(9-12-26)25-18-4-1-15(2-5-18)7-10-24;2-1-3/h1-6,13,19,25H,7-12,14,24H2;1H,(H,2,3). The van der Waals surface area contributed by atoms with Crippen molar-refractivity contribution in [1.82, 2.24) is 4.90 Å². The average Bonchev–Trinajstić information content (AvgIpc) is 2.77. The van der Waals surface area contributed by atoms with E-state index in [0.717, 1.165) is 43.1 Å². The number of carbonyl (C=O) groups is 2. The van der Waals surface area contributed by atoms with Gasteiger partial charge in [-0.25, -0.2) is 13.6 Å². The largest absolute Gasteiger partial charge is 0.483 e. The minimum absolute atomic E-state index is 0.0305. The van der Waals surface area contributed by atoms with Crippen molar-refractivity contribution in [3.05, 3.63) is 65.2 Å². The Morgan fingerprint density at radius 2 is 1.84 bits per heavy atom. The van der Waals surface area contributed by atoms with E-state index in [1.165, 1.54) is 5.56 Å². The fraction of sp³-hybridized carbons (Fsp3) is 0.364. The summed E-state index contributed by atoms with van der Waals surface area (Å²) in [6.45, 7) is 1.20. The lowest BCUT2D eigenvalue weighted by molar-refractivity contribution is -0.122. The fourth-order valence-corrected chi connectivity index (χ4v) is 3.26. The highest BCUT2D eigenvalue weighted by atomic mass is 19.1. The number of nitrogens with zero attached hydrogens (tertiary/aromatic N) is 1. The molecule has 31 heavy (non-hydrogen) atoms. The number of rotatable bonds is 6. The number of halogens is 2. The second-order valence-corrected chi connectivity index (χ2v) is 7.04. The molecule has 0 aromatic heterocycles. The number of hydrogen-bond acceptors (Lipinski definition) is 5. The molecule has 1 aliphatic rings. The normalized spacial score (nSPS) is 13.7. The van der Waals surface area contributed by atoms with E-state index in [1.807, 2.05) is 12.1 Å². The Balaban J connectivity index is 0.00000107. The summed E-state index contributed by atoms with van der Waals surface area (Å²) in [5.74, 6) is -1.15. The van der Waals surface area contributed by atoms with Crippen molar-refractivity contribution >= 4 is 18.3 Å². The highest BCUT2D eigenvalue weighted by Gasteiger charge is 2.24. The number of carboxylic acid groups (broad SMARTS) is 1. The van der Waals surface area contributed by atoms with Crippen molar-refractivity contribution in [3.8, 4) is 0 Å². The monoisotopic (exact) mass is 435 g/mol. The lowest BCUT2D eigenvalue weighted by Gasteiger charge is -2.32. The van der Waals surface area contributed by atoms with Crippen LogP contribution >= 0.6 is 0 Å². The van der Waals surface area contributed by atoms with Crippen molar-refractivity contribution in [3.63, 3.8) is 0 Å². The fourth-order valence-electron chi connectivity index (χ4n) is 3.26. The zero-order chi connectivity index (χ0) is 22.6. The minimum atomic E-state index is -0.588. The zero-order valence-corrected chi connectivity index (χ0v) is 17.1. The maximum Gasteiger partial charge on any atom is 0.410 e. The van der Waals surface area contributed by atoms with Crippen LogP contribution in [-0.2, 0) is 22.6 Å². The van der Waals surface area contributed by atoms with Crippen LogP contribution in [0.5, 0.6) is 0 Å². The molecule has 0 saturated carbocycles. The van der Waals surface area contributed by atoms with Crippen LogP contribution in [0.1, 0.15) is 24.0 Å². The number of benzene rings is 2. The molecule has 0 unspecified atom stereocenters. The number of ether oxygens (including phenoxy) is 1. The number of nitrogens with two attached hydrogens (primary N) is 1. The topological polar surface area (TPSA) is 105 Å². The molecule has 0 atom stereocenters. The summed E-state index contributed by atoms with van der Waals surface area (Å²) in [5.41, 5.74) is 7.84. The second kappa shape index (κ2) is 12.5. The summed E-state index contributed by atoms with van der Waals surface area (Å²) in [6.07, 6.45) is 1.93. The van der Waals surface area contributed by atoms with E-state index in [2.05, 4.69) is 17.4 Å². The Morgan fingerprint density at radius 3 is 2.45 bits per heavy atom. The maximum absolute atomic E-state index is 13.6. The van der Waals surface area contributed by atoms with Crippen LogP contribution in [0.25, 0.3) is 0 Å².